The second kappa shape index (κ2) is 10.0. The number of carbonyl (C=O) groups is 2. The van der Waals surface area contributed by atoms with Crippen molar-refractivity contribution < 1.29 is 14.3 Å². The number of benzene rings is 2. The molecular weight excluding hydrogens is 432 g/mol. The fraction of sp³-hybridized carbons (Fsp3) is 0.296. The van der Waals surface area contributed by atoms with Crippen molar-refractivity contribution in [1.29, 1.82) is 5.26 Å². The van der Waals surface area contributed by atoms with Gasteiger partial charge in [-0.3, -0.25) is 4.79 Å². The van der Waals surface area contributed by atoms with Gasteiger partial charge in [0.05, 0.1) is 23.7 Å². The first-order chi connectivity index (χ1) is 16.1. The largest absolute Gasteiger partial charge is 0.462 e. The Morgan fingerprint density at radius 3 is 2.48 bits per heavy atom. The van der Waals surface area contributed by atoms with Crippen molar-refractivity contribution in [2.75, 3.05) is 11.9 Å². The van der Waals surface area contributed by atoms with Crippen molar-refractivity contribution in [3.05, 3.63) is 87.8 Å². The molecule has 1 aliphatic carbocycles. The number of rotatable bonds is 7. The Bertz CT molecular complexity index is 1180. The average Bonchev–Trinajstić information content (AvgIpc) is 3.20. The maximum absolute atomic E-state index is 12.8. The number of thiophene rings is 1. The van der Waals surface area contributed by atoms with Crippen LogP contribution in [-0.2, 0) is 34.2 Å². The minimum Gasteiger partial charge on any atom is -0.462 e. The van der Waals surface area contributed by atoms with Crippen LogP contribution in [0, 0.1) is 11.3 Å². The van der Waals surface area contributed by atoms with Gasteiger partial charge >= 0.3 is 5.97 Å². The molecule has 2 aromatic carbocycles. The normalized spacial score (nSPS) is 17.0. The molecule has 0 fully saturated rings. The lowest BCUT2D eigenvalue weighted by Gasteiger charge is -2.31. The molecule has 0 radical (unpaired) electrons. The summed E-state index contributed by atoms with van der Waals surface area (Å²) in [6.07, 6.45) is 2.66. The summed E-state index contributed by atoms with van der Waals surface area (Å²) in [4.78, 5) is 26.5. The highest BCUT2D eigenvalue weighted by Crippen LogP contribution is 2.45. The fourth-order valence-corrected chi connectivity index (χ4v) is 5.75. The highest BCUT2D eigenvalue weighted by atomic mass is 32.1. The van der Waals surface area contributed by atoms with E-state index in [1.807, 2.05) is 60.7 Å². The van der Waals surface area contributed by atoms with E-state index in [1.54, 1.807) is 6.92 Å². The zero-order valence-electron chi connectivity index (χ0n) is 18.6. The van der Waals surface area contributed by atoms with Crippen molar-refractivity contribution in [1.82, 2.24) is 0 Å². The maximum atomic E-state index is 12.8. The van der Waals surface area contributed by atoms with Crippen LogP contribution in [0.1, 0.15) is 51.7 Å². The minimum atomic E-state index is -0.639. The summed E-state index contributed by atoms with van der Waals surface area (Å²) in [6.45, 7) is 2.03. The standard InChI is InChI=1S/C27H26N2O3S/c1-2-32-26(31)24-21-15-16-27(18-28,20-11-7-4-8-12-20)17-22(21)33-25(24)29-23(30)14-13-19-9-5-3-6-10-19/h3-12H,2,13-17H2,1H3,(H,29,30)/t27-/m0/s1. The van der Waals surface area contributed by atoms with Gasteiger partial charge in [-0.1, -0.05) is 60.7 Å². The van der Waals surface area contributed by atoms with Crippen LogP contribution in [0.4, 0.5) is 5.00 Å². The first kappa shape index (κ1) is 22.8. The van der Waals surface area contributed by atoms with E-state index in [9.17, 15) is 14.9 Å². The van der Waals surface area contributed by atoms with Gasteiger partial charge in [0, 0.05) is 17.7 Å². The van der Waals surface area contributed by atoms with Crippen molar-refractivity contribution in [3.8, 4) is 6.07 Å². The molecular formula is C27H26N2O3S. The van der Waals surface area contributed by atoms with Gasteiger partial charge in [-0.25, -0.2) is 4.79 Å². The van der Waals surface area contributed by atoms with Crippen LogP contribution in [0.5, 0.6) is 0 Å². The number of nitrogens with zero attached hydrogens (tertiary/aromatic N) is 1. The van der Waals surface area contributed by atoms with Crippen molar-refractivity contribution in [2.45, 2.75) is 44.4 Å². The number of fused-ring (bicyclic) bond motifs is 1. The number of ether oxygens (including phenoxy) is 1. The number of esters is 1. The van der Waals surface area contributed by atoms with Crippen molar-refractivity contribution in [3.63, 3.8) is 0 Å². The molecule has 1 aromatic heterocycles. The quantitative estimate of drug-likeness (QED) is 0.478. The Morgan fingerprint density at radius 2 is 1.82 bits per heavy atom. The van der Waals surface area contributed by atoms with E-state index in [0.29, 0.717) is 42.7 Å². The number of hydrogen-bond donors (Lipinski definition) is 1. The second-order valence-electron chi connectivity index (χ2n) is 8.20. The predicted octanol–water partition coefficient (Wildman–Crippen LogP) is 5.45. The molecule has 0 bridgehead atoms. The summed E-state index contributed by atoms with van der Waals surface area (Å²) < 4.78 is 5.32. The van der Waals surface area contributed by atoms with Gasteiger partial charge in [0.1, 0.15) is 5.00 Å². The molecule has 1 amide bonds. The number of anilines is 1. The number of nitriles is 1. The zero-order chi connectivity index (χ0) is 23.3. The summed E-state index contributed by atoms with van der Waals surface area (Å²) in [5.74, 6) is -0.560. The Labute approximate surface area is 198 Å². The number of amides is 1. The van der Waals surface area contributed by atoms with Gasteiger partial charge in [0.25, 0.3) is 0 Å². The van der Waals surface area contributed by atoms with Crippen LogP contribution in [-0.4, -0.2) is 18.5 Å². The van der Waals surface area contributed by atoms with Gasteiger partial charge in [-0.05, 0) is 42.9 Å². The lowest BCUT2D eigenvalue weighted by atomic mass is 9.70. The molecule has 168 valence electrons. The van der Waals surface area contributed by atoms with Crippen molar-refractivity contribution >= 4 is 28.2 Å². The van der Waals surface area contributed by atoms with Crippen molar-refractivity contribution in [2.24, 2.45) is 0 Å². The molecule has 0 aliphatic heterocycles. The van der Waals surface area contributed by atoms with E-state index in [4.69, 9.17) is 4.74 Å². The lowest BCUT2D eigenvalue weighted by Crippen LogP contribution is -2.31. The zero-order valence-corrected chi connectivity index (χ0v) is 19.4. The summed E-state index contributed by atoms with van der Waals surface area (Å²) in [5.41, 5.74) is 2.78. The fourth-order valence-electron chi connectivity index (χ4n) is 4.38. The van der Waals surface area contributed by atoms with Crippen LogP contribution in [0.2, 0.25) is 0 Å². The van der Waals surface area contributed by atoms with Crippen LogP contribution in [0.3, 0.4) is 0 Å². The van der Waals surface area contributed by atoms with Gasteiger partial charge < -0.3 is 10.1 Å². The predicted molar refractivity (Wildman–Crippen MR) is 129 cm³/mol. The van der Waals surface area contributed by atoms with Gasteiger partial charge in [-0.15, -0.1) is 11.3 Å². The molecule has 0 spiro atoms. The molecule has 0 saturated carbocycles. The molecule has 1 atom stereocenters. The molecule has 0 unspecified atom stereocenters. The maximum Gasteiger partial charge on any atom is 0.341 e. The molecule has 1 heterocycles. The smallest absolute Gasteiger partial charge is 0.341 e. The first-order valence-corrected chi connectivity index (χ1v) is 12.0. The monoisotopic (exact) mass is 458 g/mol. The molecule has 0 saturated heterocycles. The topological polar surface area (TPSA) is 79.2 Å². The van der Waals surface area contributed by atoms with Crippen LogP contribution in [0.25, 0.3) is 0 Å². The van der Waals surface area contributed by atoms with Crippen LogP contribution >= 0.6 is 11.3 Å². The minimum absolute atomic E-state index is 0.141. The Hall–Kier alpha value is -3.43. The molecule has 33 heavy (non-hydrogen) atoms. The third kappa shape index (κ3) is 4.84. The van der Waals surface area contributed by atoms with Gasteiger partial charge in [0.15, 0.2) is 0 Å². The Morgan fingerprint density at radius 1 is 1.12 bits per heavy atom. The Kier molecular flexibility index (Phi) is 6.90. The molecule has 5 nitrogen and oxygen atoms in total. The van der Waals surface area contributed by atoms with E-state index < -0.39 is 11.4 Å². The van der Waals surface area contributed by atoms with Gasteiger partial charge in [-0.2, -0.15) is 5.26 Å². The van der Waals surface area contributed by atoms with Gasteiger partial charge in [0.2, 0.25) is 5.91 Å². The highest BCUT2D eigenvalue weighted by molar-refractivity contribution is 7.17. The third-order valence-corrected chi connectivity index (χ3v) is 7.26. The molecule has 1 N–H and O–H groups in total. The third-order valence-electron chi connectivity index (χ3n) is 6.11. The molecule has 4 rings (SSSR count). The average molecular weight is 459 g/mol. The summed E-state index contributed by atoms with van der Waals surface area (Å²) in [7, 11) is 0. The lowest BCUT2D eigenvalue weighted by molar-refractivity contribution is -0.116. The SMILES string of the molecule is CCOC(=O)c1c(NC(=O)CCc2ccccc2)sc2c1CC[C@](C#N)(c1ccccc1)C2. The van der Waals surface area contributed by atoms with Crippen LogP contribution < -0.4 is 5.32 Å². The van der Waals surface area contributed by atoms with E-state index in [0.717, 1.165) is 21.6 Å². The van der Waals surface area contributed by atoms with Crippen LogP contribution in [0.15, 0.2) is 60.7 Å². The number of carbonyl (C=O) groups excluding carboxylic acids is 2. The number of nitrogens with one attached hydrogen (secondary N) is 1. The summed E-state index contributed by atoms with van der Waals surface area (Å²) in [6, 6.07) is 22.2. The highest BCUT2D eigenvalue weighted by Gasteiger charge is 2.40. The first-order valence-electron chi connectivity index (χ1n) is 11.2. The van der Waals surface area contributed by atoms with E-state index in [1.165, 1.54) is 11.3 Å². The molecule has 6 heteroatoms. The van der Waals surface area contributed by atoms with E-state index in [-0.39, 0.29) is 12.5 Å². The molecule has 1 aliphatic rings. The number of aryl methyl sites for hydroxylation is 1. The summed E-state index contributed by atoms with van der Waals surface area (Å²) >= 11 is 1.39. The Balaban J connectivity index is 1.60. The van der Waals surface area contributed by atoms with E-state index in [2.05, 4.69) is 11.4 Å². The summed E-state index contributed by atoms with van der Waals surface area (Å²) in [5, 5.41) is 13.6. The number of hydrogen-bond acceptors (Lipinski definition) is 5. The molecule has 3 aromatic rings. The van der Waals surface area contributed by atoms with E-state index >= 15 is 0 Å². The second-order valence-corrected chi connectivity index (χ2v) is 9.30.